The van der Waals surface area contributed by atoms with Crippen LogP contribution in [0, 0.1) is 13.8 Å². The maximum Gasteiger partial charge on any atom is 0.317 e. The van der Waals surface area contributed by atoms with Gasteiger partial charge < -0.3 is 5.11 Å². The van der Waals surface area contributed by atoms with Crippen molar-refractivity contribution in [2.24, 2.45) is 0 Å². The molecule has 1 N–H and O–H groups in total. The van der Waals surface area contributed by atoms with Crippen LogP contribution in [0.25, 0.3) is 0 Å². The fraction of sp³-hybridized carbons (Fsp3) is 0.364. The van der Waals surface area contributed by atoms with Crippen LogP contribution in [0.2, 0.25) is 0 Å². The Morgan fingerprint density at radius 3 is 2.71 bits per heavy atom. The molecule has 1 rings (SSSR count). The molecule has 0 aromatic heterocycles. The second kappa shape index (κ2) is 4.60. The standard InChI is InChI=1S/C11H13BrO2/c1-7-3-4-8(2)9(5-7)6-10(12)11(13)14/h3-5,10H,6H2,1-2H3,(H,13,14)/t10-/m0/s1. The van der Waals surface area contributed by atoms with E-state index in [1.54, 1.807) is 0 Å². The average Bonchev–Trinajstić information content (AvgIpc) is 2.11. The normalized spacial score (nSPS) is 12.5. The zero-order valence-electron chi connectivity index (χ0n) is 8.25. The van der Waals surface area contributed by atoms with Crippen molar-refractivity contribution in [1.29, 1.82) is 0 Å². The summed E-state index contributed by atoms with van der Waals surface area (Å²) in [5.74, 6) is -0.814. The first-order chi connectivity index (χ1) is 6.50. The molecule has 0 saturated carbocycles. The van der Waals surface area contributed by atoms with E-state index >= 15 is 0 Å². The number of carboxylic acid groups (broad SMARTS) is 1. The molecule has 2 nitrogen and oxygen atoms in total. The van der Waals surface area contributed by atoms with E-state index in [4.69, 9.17) is 5.11 Å². The summed E-state index contributed by atoms with van der Waals surface area (Å²) in [5, 5.41) is 8.76. The van der Waals surface area contributed by atoms with Crippen LogP contribution in [0.5, 0.6) is 0 Å². The molecular weight excluding hydrogens is 244 g/mol. The molecule has 14 heavy (non-hydrogen) atoms. The third-order valence-electron chi connectivity index (χ3n) is 2.17. The van der Waals surface area contributed by atoms with Crippen LogP contribution in [-0.2, 0) is 11.2 Å². The Labute approximate surface area is 92.1 Å². The third-order valence-corrected chi connectivity index (χ3v) is 2.89. The number of hydrogen-bond donors (Lipinski definition) is 1. The molecule has 0 bridgehead atoms. The number of aryl methyl sites for hydroxylation is 2. The summed E-state index contributed by atoms with van der Waals surface area (Å²) in [4.78, 5) is 10.2. The molecule has 0 heterocycles. The summed E-state index contributed by atoms with van der Waals surface area (Å²) in [6, 6.07) is 6.08. The van der Waals surface area contributed by atoms with Gasteiger partial charge in [0.25, 0.3) is 0 Å². The summed E-state index contributed by atoms with van der Waals surface area (Å²) in [7, 11) is 0. The maximum absolute atomic E-state index is 10.7. The Balaban J connectivity index is 2.85. The first-order valence-corrected chi connectivity index (χ1v) is 5.35. The fourth-order valence-corrected chi connectivity index (χ4v) is 1.65. The lowest BCUT2D eigenvalue weighted by Gasteiger charge is -2.08. The van der Waals surface area contributed by atoms with Crippen molar-refractivity contribution < 1.29 is 9.90 Å². The lowest BCUT2D eigenvalue weighted by Crippen LogP contribution is -2.16. The van der Waals surface area contributed by atoms with Gasteiger partial charge in [-0.05, 0) is 31.4 Å². The number of alkyl halides is 1. The second-order valence-corrected chi connectivity index (χ2v) is 4.55. The van der Waals surface area contributed by atoms with Gasteiger partial charge in [-0.2, -0.15) is 0 Å². The van der Waals surface area contributed by atoms with Gasteiger partial charge in [0.1, 0.15) is 4.83 Å². The van der Waals surface area contributed by atoms with E-state index in [0.717, 1.165) is 16.7 Å². The van der Waals surface area contributed by atoms with Crippen molar-refractivity contribution in [2.75, 3.05) is 0 Å². The van der Waals surface area contributed by atoms with E-state index < -0.39 is 10.8 Å². The summed E-state index contributed by atoms with van der Waals surface area (Å²) >= 11 is 3.14. The smallest absolute Gasteiger partial charge is 0.317 e. The molecule has 0 unspecified atom stereocenters. The number of hydrogen-bond acceptors (Lipinski definition) is 1. The van der Waals surface area contributed by atoms with E-state index in [9.17, 15) is 4.79 Å². The number of halogens is 1. The van der Waals surface area contributed by atoms with E-state index in [2.05, 4.69) is 15.9 Å². The summed E-state index contributed by atoms with van der Waals surface area (Å²) < 4.78 is 0. The highest BCUT2D eigenvalue weighted by atomic mass is 79.9. The van der Waals surface area contributed by atoms with Gasteiger partial charge in [0.2, 0.25) is 0 Å². The quantitative estimate of drug-likeness (QED) is 0.845. The molecule has 1 aromatic carbocycles. The minimum atomic E-state index is -0.814. The molecule has 0 aliphatic rings. The lowest BCUT2D eigenvalue weighted by molar-refractivity contribution is -0.136. The Morgan fingerprint density at radius 2 is 2.14 bits per heavy atom. The van der Waals surface area contributed by atoms with Gasteiger partial charge in [-0.1, -0.05) is 39.7 Å². The first kappa shape index (κ1) is 11.2. The number of rotatable bonds is 3. The molecule has 0 fully saturated rings. The van der Waals surface area contributed by atoms with Crippen LogP contribution in [0.3, 0.4) is 0 Å². The highest BCUT2D eigenvalue weighted by Crippen LogP contribution is 2.16. The van der Waals surface area contributed by atoms with Gasteiger partial charge in [0.05, 0.1) is 0 Å². The molecule has 0 spiro atoms. The van der Waals surface area contributed by atoms with Gasteiger partial charge in [-0.15, -0.1) is 0 Å². The molecule has 1 aromatic rings. The highest BCUT2D eigenvalue weighted by molar-refractivity contribution is 9.10. The van der Waals surface area contributed by atoms with Crippen molar-refractivity contribution >= 4 is 21.9 Å². The predicted octanol–water partition coefficient (Wildman–Crippen LogP) is 2.69. The van der Waals surface area contributed by atoms with Crippen LogP contribution in [-0.4, -0.2) is 15.9 Å². The number of aliphatic carboxylic acids is 1. The van der Waals surface area contributed by atoms with E-state index in [1.165, 1.54) is 0 Å². The first-order valence-electron chi connectivity index (χ1n) is 4.43. The Bertz CT molecular complexity index is 347. The molecule has 0 radical (unpaired) electrons. The lowest BCUT2D eigenvalue weighted by atomic mass is 10.0. The van der Waals surface area contributed by atoms with Crippen LogP contribution in [0.4, 0.5) is 0 Å². The topological polar surface area (TPSA) is 37.3 Å². The third kappa shape index (κ3) is 2.84. The number of carboxylic acids is 1. The second-order valence-electron chi connectivity index (χ2n) is 3.44. The Kier molecular flexibility index (Phi) is 3.69. The van der Waals surface area contributed by atoms with Crippen LogP contribution >= 0.6 is 15.9 Å². The summed E-state index contributed by atoms with van der Waals surface area (Å²) in [6.07, 6.45) is 0.531. The SMILES string of the molecule is Cc1ccc(C)c(C[C@H](Br)C(=O)O)c1. The molecule has 0 saturated heterocycles. The zero-order valence-corrected chi connectivity index (χ0v) is 9.84. The van der Waals surface area contributed by atoms with Gasteiger partial charge in [0.15, 0.2) is 0 Å². The minimum absolute atomic E-state index is 0.497. The van der Waals surface area contributed by atoms with Crippen molar-refractivity contribution in [2.45, 2.75) is 25.1 Å². The molecule has 3 heteroatoms. The fourth-order valence-electron chi connectivity index (χ4n) is 1.30. The molecule has 0 aliphatic heterocycles. The van der Waals surface area contributed by atoms with Gasteiger partial charge in [-0.3, -0.25) is 4.79 Å². The minimum Gasteiger partial charge on any atom is -0.480 e. The average molecular weight is 257 g/mol. The van der Waals surface area contributed by atoms with Gasteiger partial charge in [-0.25, -0.2) is 0 Å². The van der Waals surface area contributed by atoms with E-state index in [1.807, 2.05) is 32.0 Å². The van der Waals surface area contributed by atoms with E-state index in [-0.39, 0.29) is 0 Å². The monoisotopic (exact) mass is 256 g/mol. The van der Waals surface area contributed by atoms with Crippen molar-refractivity contribution in [1.82, 2.24) is 0 Å². The number of carbonyl (C=O) groups is 1. The molecule has 0 amide bonds. The summed E-state index contributed by atoms with van der Waals surface area (Å²) in [6.45, 7) is 4.00. The molecule has 76 valence electrons. The van der Waals surface area contributed by atoms with Crippen LogP contribution in [0.15, 0.2) is 18.2 Å². The van der Waals surface area contributed by atoms with Crippen molar-refractivity contribution in [3.05, 3.63) is 34.9 Å². The van der Waals surface area contributed by atoms with Gasteiger partial charge in [0, 0.05) is 0 Å². The van der Waals surface area contributed by atoms with Crippen molar-refractivity contribution in [3.63, 3.8) is 0 Å². The largest absolute Gasteiger partial charge is 0.480 e. The Morgan fingerprint density at radius 1 is 1.50 bits per heavy atom. The predicted molar refractivity (Wildman–Crippen MR) is 60.0 cm³/mol. The van der Waals surface area contributed by atoms with E-state index in [0.29, 0.717) is 6.42 Å². The number of benzene rings is 1. The molecule has 0 aliphatic carbocycles. The Hall–Kier alpha value is -0.830. The molecular formula is C11H13BrO2. The zero-order chi connectivity index (χ0) is 10.7. The molecule has 1 atom stereocenters. The van der Waals surface area contributed by atoms with Crippen molar-refractivity contribution in [3.8, 4) is 0 Å². The summed E-state index contributed by atoms with van der Waals surface area (Å²) in [5.41, 5.74) is 3.39. The van der Waals surface area contributed by atoms with Crippen LogP contribution < -0.4 is 0 Å². The van der Waals surface area contributed by atoms with Crippen LogP contribution in [0.1, 0.15) is 16.7 Å². The maximum atomic E-state index is 10.7. The highest BCUT2D eigenvalue weighted by Gasteiger charge is 2.14. The van der Waals surface area contributed by atoms with Gasteiger partial charge >= 0.3 is 5.97 Å².